The number of hydrogen-bond acceptors (Lipinski definition) is 3. The molecule has 0 amide bonds. The van der Waals surface area contributed by atoms with Crippen molar-refractivity contribution in [1.29, 1.82) is 0 Å². The predicted molar refractivity (Wildman–Crippen MR) is 54.0 cm³/mol. The van der Waals surface area contributed by atoms with Gasteiger partial charge in [0.1, 0.15) is 0 Å². The molecule has 2 rings (SSSR count). The maximum atomic E-state index is 5.68. The van der Waals surface area contributed by atoms with Gasteiger partial charge in [-0.05, 0) is 7.05 Å². The van der Waals surface area contributed by atoms with Crippen LogP contribution in [0.3, 0.4) is 0 Å². The highest BCUT2D eigenvalue weighted by atomic mass is 16.7. The van der Waals surface area contributed by atoms with Crippen molar-refractivity contribution in [2.24, 2.45) is 0 Å². The van der Waals surface area contributed by atoms with E-state index in [-0.39, 0.29) is 0 Å². The average molecular weight is 193 g/mol. The Morgan fingerprint density at radius 2 is 1.86 bits per heavy atom. The number of rotatable bonds is 3. The minimum atomic E-state index is -0.573. The van der Waals surface area contributed by atoms with Crippen LogP contribution in [0, 0.1) is 0 Å². The Bertz CT molecular complexity index is 281. The summed E-state index contributed by atoms with van der Waals surface area (Å²) in [6, 6.07) is 10.0. The van der Waals surface area contributed by atoms with E-state index in [2.05, 4.69) is 5.32 Å². The average Bonchev–Trinajstić information content (AvgIpc) is 2.70. The molecule has 1 aromatic carbocycles. The largest absolute Gasteiger partial charge is 0.342 e. The van der Waals surface area contributed by atoms with E-state index in [0.29, 0.717) is 19.8 Å². The van der Waals surface area contributed by atoms with E-state index in [1.54, 1.807) is 0 Å². The molecule has 76 valence electrons. The second kappa shape index (κ2) is 4.09. The molecule has 0 bridgehead atoms. The lowest BCUT2D eigenvalue weighted by atomic mass is 10.1. The van der Waals surface area contributed by atoms with Crippen LogP contribution in [0.15, 0.2) is 30.3 Å². The molecule has 1 saturated heterocycles. The molecule has 1 N–H and O–H groups in total. The fourth-order valence-electron chi connectivity index (χ4n) is 1.75. The van der Waals surface area contributed by atoms with Crippen molar-refractivity contribution in [3.63, 3.8) is 0 Å². The van der Waals surface area contributed by atoms with E-state index >= 15 is 0 Å². The molecule has 0 atom stereocenters. The summed E-state index contributed by atoms with van der Waals surface area (Å²) >= 11 is 0. The Kier molecular flexibility index (Phi) is 2.82. The summed E-state index contributed by atoms with van der Waals surface area (Å²) in [4.78, 5) is 0. The second-order valence-electron chi connectivity index (χ2n) is 3.35. The summed E-state index contributed by atoms with van der Waals surface area (Å²) in [5.74, 6) is -0.573. The molecule has 0 saturated carbocycles. The molecular weight excluding hydrogens is 178 g/mol. The topological polar surface area (TPSA) is 30.5 Å². The number of likely N-dealkylation sites (N-methyl/N-ethyl adjacent to an activating group) is 1. The second-order valence-corrected chi connectivity index (χ2v) is 3.35. The van der Waals surface area contributed by atoms with Crippen LogP contribution < -0.4 is 5.32 Å². The van der Waals surface area contributed by atoms with Gasteiger partial charge in [-0.15, -0.1) is 0 Å². The molecule has 3 heteroatoms. The summed E-state index contributed by atoms with van der Waals surface area (Å²) in [5.41, 5.74) is 1.08. The third-order valence-electron chi connectivity index (χ3n) is 2.38. The molecule has 1 aliphatic heterocycles. The van der Waals surface area contributed by atoms with Gasteiger partial charge in [-0.25, -0.2) is 0 Å². The first-order chi connectivity index (χ1) is 6.87. The van der Waals surface area contributed by atoms with Gasteiger partial charge in [0.2, 0.25) is 5.79 Å². The van der Waals surface area contributed by atoms with E-state index in [4.69, 9.17) is 9.47 Å². The summed E-state index contributed by atoms with van der Waals surface area (Å²) in [6.07, 6.45) is 0. The summed E-state index contributed by atoms with van der Waals surface area (Å²) in [6.45, 7) is 2.00. The van der Waals surface area contributed by atoms with E-state index in [1.807, 2.05) is 37.4 Å². The molecule has 0 aliphatic carbocycles. The van der Waals surface area contributed by atoms with Gasteiger partial charge < -0.3 is 14.8 Å². The monoisotopic (exact) mass is 193 g/mol. The molecule has 0 radical (unpaired) electrons. The van der Waals surface area contributed by atoms with Crippen LogP contribution in [-0.4, -0.2) is 26.8 Å². The zero-order valence-corrected chi connectivity index (χ0v) is 8.32. The highest BCUT2D eigenvalue weighted by molar-refractivity contribution is 5.21. The van der Waals surface area contributed by atoms with Gasteiger partial charge in [-0.2, -0.15) is 0 Å². The molecule has 3 nitrogen and oxygen atoms in total. The van der Waals surface area contributed by atoms with Crippen LogP contribution >= 0.6 is 0 Å². The van der Waals surface area contributed by atoms with Crippen molar-refractivity contribution in [2.75, 3.05) is 26.8 Å². The van der Waals surface area contributed by atoms with Crippen LogP contribution in [0.4, 0.5) is 0 Å². The highest BCUT2D eigenvalue weighted by Crippen LogP contribution is 2.30. The molecule has 1 fully saturated rings. The first kappa shape index (κ1) is 9.65. The quantitative estimate of drug-likeness (QED) is 0.780. The van der Waals surface area contributed by atoms with Gasteiger partial charge in [-0.3, -0.25) is 0 Å². The van der Waals surface area contributed by atoms with Crippen LogP contribution in [0.1, 0.15) is 5.56 Å². The number of ether oxygens (including phenoxy) is 2. The highest BCUT2D eigenvalue weighted by Gasteiger charge is 2.37. The van der Waals surface area contributed by atoms with Crippen molar-refractivity contribution >= 4 is 0 Å². The van der Waals surface area contributed by atoms with Gasteiger partial charge in [-0.1, -0.05) is 30.3 Å². The Morgan fingerprint density at radius 1 is 1.21 bits per heavy atom. The Hall–Kier alpha value is -0.900. The molecular formula is C11H15NO2. The van der Waals surface area contributed by atoms with Gasteiger partial charge in [0, 0.05) is 5.56 Å². The molecule has 0 aromatic heterocycles. The fourth-order valence-corrected chi connectivity index (χ4v) is 1.75. The van der Waals surface area contributed by atoms with Crippen molar-refractivity contribution in [3.05, 3.63) is 35.9 Å². The zero-order chi connectivity index (χ0) is 9.86. The molecule has 14 heavy (non-hydrogen) atoms. The molecule has 1 heterocycles. The van der Waals surface area contributed by atoms with Crippen molar-refractivity contribution in [1.82, 2.24) is 5.32 Å². The lowest BCUT2D eigenvalue weighted by Crippen LogP contribution is -2.37. The summed E-state index contributed by atoms with van der Waals surface area (Å²) in [7, 11) is 1.90. The standard InChI is InChI=1S/C11H15NO2/c1-12-9-11(13-7-8-14-11)10-5-3-2-4-6-10/h2-6,12H,7-9H2,1H3. The SMILES string of the molecule is CNCC1(c2ccccc2)OCCO1. The first-order valence-corrected chi connectivity index (χ1v) is 4.85. The van der Waals surface area contributed by atoms with Crippen LogP contribution in [0.5, 0.6) is 0 Å². The Balaban J connectivity index is 2.27. The van der Waals surface area contributed by atoms with Crippen molar-refractivity contribution in [2.45, 2.75) is 5.79 Å². The van der Waals surface area contributed by atoms with Gasteiger partial charge in [0.05, 0.1) is 19.8 Å². The number of benzene rings is 1. The predicted octanol–water partition coefficient (Wildman–Crippen LogP) is 1.11. The minimum absolute atomic E-state index is 0.573. The Morgan fingerprint density at radius 3 is 2.43 bits per heavy atom. The molecule has 0 spiro atoms. The molecule has 0 unspecified atom stereocenters. The van der Waals surface area contributed by atoms with Crippen LogP contribution in [-0.2, 0) is 15.3 Å². The Labute approximate surface area is 84.0 Å². The number of hydrogen-bond donors (Lipinski definition) is 1. The third kappa shape index (κ3) is 1.66. The zero-order valence-electron chi connectivity index (χ0n) is 8.32. The van der Waals surface area contributed by atoms with E-state index in [0.717, 1.165) is 5.56 Å². The van der Waals surface area contributed by atoms with E-state index in [1.165, 1.54) is 0 Å². The maximum Gasteiger partial charge on any atom is 0.207 e. The van der Waals surface area contributed by atoms with Crippen LogP contribution in [0.25, 0.3) is 0 Å². The first-order valence-electron chi connectivity index (χ1n) is 4.85. The van der Waals surface area contributed by atoms with Gasteiger partial charge in [0.25, 0.3) is 0 Å². The van der Waals surface area contributed by atoms with Crippen LogP contribution in [0.2, 0.25) is 0 Å². The smallest absolute Gasteiger partial charge is 0.207 e. The minimum Gasteiger partial charge on any atom is -0.342 e. The maximum absolute atomic E-state index is 5.68. The lowest BCUT2D eigenvalue weighted by Gasteiger charge is -2.27. The summed E-state index contributed by atoms with van der Waals surface area (Å²) in [5, 5.41) is 3.10. The summed E-state index contributed by atoms with van der Waals surface area (Å²) < 4.78 is 11.4. The lowest BCUT2D eigenvalue weighted by molar-refractivity contribution is -0.161. The molecule has 1 aliphatic rings. The normalized spacial score (nSPS) is 19.8. The van der Waals surface area contributed by atoms with Crippen molar-refractivity contribution in [3.8, 4) is 0 Å². The molecule has 1 aromatic rings. The number of nitrogens with one attached hydrogen (secondary N) is 1. The van der Waals surface area contributed by atoms with E-state index < -0.39 is 5.79 Å². The van der Waals surface area contributed by atoms with Gasteiger partial charge in [0.15, 0.2) is 0 Å². The van der Waals surface area contributed by atoms with Gasteiger partial charge >= 0.3 is 0 Å². The third-order valence-corrected chi connectivity index (χ3v) is 2.38. The van der Waals surface area contributed by atoms with E-state index in [9.17, 15) is 0 Å². The van der Waals surface area contributed by atoms with Crippen molar-refractivity contribution < 1.29 is 9.47 Å². The fraction of sp³-hybridized carbons (Fsp3) is 0.455.